The fraction of sp³-hybridized carbons (Fsp3) is 0.353. The van der Waals surface area contributed by atoms with Gasteiger partial charge in [0, 0.05) is 17.1 Å². The third kappa shape index (κ3) is 3.42. The SMILES string of the molecule is CCOc1cc(N)c2c(C(=O)OC)cc(C(=O)OC)nc2c1OCC. The minimum absolute atomic E-state index is 0.0654. The summed E-state index contributed by atoms with van der Waals surface area (Å²) in [4.78, 5) is 28.4. The van der Waals surface area contributed by atoms with Gasteiger partial charge in [-0.3, -0.25) is 0 Å². The molecule has 0 aliphatic heterocycles. The van der Waals surface area contributed by atoms with Crippen LogP contribution in [0.3, 0.4) is 0 Å². The fourth-order valence-corrected chi connectivity index (χ4v) is 2.42. The van der Waals surface area contributed by atoms with Crippen LogP contribution in [0.25, 0.3) is 10.9 Å². The van der Waals surface area contributed by atoms with Crippen molar-refractivity contribution in [2.24, 2.45) is 0 Å². The molecule has 25 heavy (non-hydrogen) atoms. The van der Waals surface area contributed by atoms with E-state index < -0.39 is 11.9 Å². The Balaban J connectivity index is 2.93. The van der Waals surface area contributed by atoms with Crippen molar-refractivity contribution < 1.29 is 28.5 Å². The summed E-state index contributed by atoms with van der Waals surface area (Å²) in [6, 6.07) is 2.84. The first-order valence-electron chi connectivity index (χ1n) is 7.67. The molecular formula is C17H20N2O6. The van der Waals surface area contributed by atoms with Gasteiger partial charge in [0.15, 0.2) is 11.5 Å². The number of nitrogens with two attached hydrogens (primary N) is 1. The lowest BCUT2D eigenvalue weighted by Gasteiger charge is -2.17. The average molecular weight is 348 g/mol. The van der Waals surface area contributed by atoms with Crippen molar-refractivity contribution in [2.75, 3.05) is 33.2 Å². The number of esters is 2. The Bertz CT molecular complexity index is 819. The van der Waals surface area contributed by atoms with Gasteiger partial charge in [-0.15, -0.1) is 0 Å². The Morgan fingerprint density at radius 1 is 1.04 bits per heavy atom. The third-order valence-corrected chi connectivity index (χ3v) is 3.42. The Hall–Kier alpha value is -3.03. The Labute approximate surface area is 144 Å². The molecule has 1 aromatic heterocycles. The van der Waals surface area contributed by atoms with Crippen molar-refractivity contribution in [1.29, 1.82) is 0 Å². The molecule has 0 bridgehead atoms. The summed E-state index contributed by atoms with van der Waals surface area (Å²) in [5, 5.41) is 0.325. The second-order valence-electron chi connectivity index (χ2n) is 4.92. The Kier molecular flexibility index (Phi) is 5.63. The number of carbonyl (C=O) groups is 2. The van der Waals surface area contributed by atoms with Crippen molar-refractivity contribution in [1.82, 2.24) is 4.98 Å². The van der Waals surface area contributed by atoms with Crippen LogP contribution in [0.1, 0.15) is 34.7 Å². The molecule has 0 fully saturated rings. The first-order chi connectivity index (χ1) is 12.0. The molecule has 0 saturated heterocycles. The first kappa shape index (κ1) is 18.3. The van der Waals surface area contributed by atoms with Crippen molar-refractivity contribution in [3.05, 3.63) is 23.4 Å². The number of rotatable bonds is 6. The quantitative estimate of drug-likeness (QED) is 0.625. The lowest BCUT2D eigenvalue weighted by Crippen LogP contribution is -2.12. The number of hydrogen-bond donors (Lipinski definition) is 1. The minimum atomic E-state index is -0.699. The number of anilines is 1. The van der Waals surface area contributed by atoms with Crippen molar-refractivity contribution in [3.8, 4) is 11.5 Å². The molecule has 0 amide bonds. The van der Waals surface area contributed by atoms with Crippen LogP contribution in [-0.4, -0.2) is 44.4 Å². The van der Waals surface area contributed by atoms with Crippen LogP contribution in [0.15, 0.2) is 12.1 Å². The summed E-state index contributed by atoms with van der Waals surface area (Å²) < 4.78 is 20.7. The zero-order chi connectivity index (χ0) is 18.6. The first-order valence-corrected chi connectivity index (χ1v) is 7.67. The van der Waals surface area contributed by atoms with Crippen LogP contribution in [0, 0.1) is 0 Å². The van der Waals surface area contributed by atoms with Crippen molar-refractivity contribution >= 4 is 28.5 Å². The second-order valence-corrected chi connectivity index (χ2v) is 4.92. The number of benzene rings is 1. The van der Waals surface area contributed by atoms with Gasteiger partial charge in [-0.2, -0.15) is 0 Å². The van der Waals surface area contributed by atoms with Gasteiger partial charge < -0.3 is 24.7 Å². The highest BCUT2D eigenvalue weighted by Crippen LogP contribution is 2.40. The van der Waals surface area contributed by atoms with Gasteiger partial charge in [-0.1, -0.05) is 0 Å². The molecule has 2 rings (SSSR count). The zero-order valence-electron chi connectivity index (χ0n) is 14.5. The van der Waals surface area contributed by atoms with Gasteiger partial charge in [-0.25, -0.2) is 14.6 Å². The molecule has 0 atom stereocenters. The van der Waals surface area contributed by atoms with E-state index in [9.17, 15) is 9.59 Å². The van der Waals surface area contributed by atoms with E-state index in [1.165, 1.54) is 20.3 Å². The number of nitrogen functional groups attached to an aromatic ring is 1. The number of hydrogen-bond acceptors (Lipinski definition) is 8. The number of methoxy groups -OCH3 is 2. The molecule has 2 aromatic rings. The predicted octanol–water partition coefficient (Wildman–Crippen LogP) is 2.19. The summed E-state index contributed by atoms with van der Waals surface area (Å²) in [7, 11) is 2.46. The van der Waals surface area contributed by atoms with Crippen LogP contribution in [0.4, 0.5) is 5.69 Å². The Morgan fingerprint density at radius 3 is 2.24 bits per heavy atom. The highest BCUT2D eigenvalue weighted by Gasteiger charge is 2.24. The van der Waals surface area contributed by atoms with E-state index in [1.54, 1.807) is 13.0 Å². The highest BCUT2D eigenvalue weighted by atomic mass is 16.5. The van der Waals surface area contributed by atoms with Crippen molar-refractivity contribution in [3.63, 3.8) is 0 Å². The van der Waals surface area contributed by atoms with Gasteiger partial charge in [0.1, 0.15) is 11.2 Å². The predicted molar refractivity (Wildman–Crippen MR) is 91.2 cm³/mol. The maximum atomic E-state index is 12.2. The van der Waals surface area contributed by atoms with Gasteiger partial charge in [0.2, 0.25) is 0 Å². The molecule has 1 heterocycles. The lowest BCUT2D eigenvalue weighted by atomic mass is 10.0. The number of nitrogens with zero attached hydrogens (tertiary/aromatic N) is 1. The van der Waals surface area contributed by atoms with E-state index in [1.807, 2.05) is 6.92 Å². The van der Waals surface area contributed by atoms with Gasteiger partial charge >= 0.3 is 11.9 Å². The summed E-state index contributed by atoms with van der Waals surface area (Å²) in [5.74, 6) is -0.685. The van der Waals surface area contributed by atoms with Gasteiger partial charge in [-0.05, 0) is 19.9 Å². The molecule has 8 nitrogen and oxygen atoms in total. The molecule has 0 unspecified atom stereocenters. The summed E-state index contributed by atoms with van der Waals surface area (Å²) >= 11 is 0. The maximum absolute atomic E-state index is 12.2. The topological polar surface area (TPSA) is 110 Å². The average Bonchev–Trinajstić information content (AvgIpc) is 2.62. The summed E-state index contributed by atoms with van der Waals surface area (Å²) in [6.45, 7) is 4.32. The molecule has 1 aromatic carbocycles. The third-order valence-electron chi connectivity index (χ3n) is 3.42. The number of aromatic nitrogens is 1. The number of pyridine rings is 1. The van der Waals surface area contributed by atoms with E-state index in [-0.39, 0.29) is 22.5 Å². The molecular weight excluding hydrogens is 328 g/mol. The molecule has 0 aliphatic carbocycles. The van der Waals surface area contributed by atoms with E-state index >= 15 is 0 Å². The number of ether oxygens (including phenoxy) is 4. The Morgan fingerprint density at radius 2 is 1.68 bits per heavy atom. The second kappa shape index (κ2) is 7.69. The summed E-state index contributed by atoms with van der Waals surface area (Å²) in [6.07, 6.45) is 0. The van der Waals surface area contributed by atoms with Gasteiger partial charge in [0.25, 0.3) is 0 Å². The van der Waals surface area contributed by atoms with Crippen LogP contribution in [0.2, 0.25) is 0 Å². The van der Waals surface area contributed by atoms with E-state index in [0.29, 0.717) is 30.1 Å². The van der Waals surface area contributed by atoms with Gasteiger partial charge in [0.05, 0.1) is 33.0 Å². The molecule has 0 saturated carbocycles. The van der Waals surface area contributed by atoms with Crippen LogP contribution >= 0.6 is 0 Å². The van der Waals surface area contributed by atoms with E-state index in [0.717, 1.165) is 0 Å². The van der Waals surface area contributed by atoms with Crippen LogP contribution < -0.4 is 15.2 Å². The number of carbonyl (C=O) groups excluding carboxylic acids is 2. The maximum Gasteiger partial charge on any atom is 0.356 e. The normalized spacial score (nSPS) is 10.4. The van der Waals surface area contributed by atoms with E-state index in [2.05, 4.69) is 4.98 Å². The van der Waals surface area contributed by atoms with Crippen molar-refractivity contribution in [2.45, 2.75) is 13.8 Å². The number of fused-ring (bicyclic) bond motifs is 1. The zero-order valence-corrected chi connectivity index (χ0v) is 14.5. The van der Waals surface area contributed by atoms with Crippen LogP contribution in [0.5, 0.6) is 11.5 Å². The molecule has 0 spiro atoms. The van der Waals surface area contributed by atoms with E-state index in [4.69, 9.17) is 24.7 Å². The molecule has 8 heteroatoms. The molecule has 0 aliphatic rings. The summed E-state index contributed by atoms with van der Waals surface area (Å²) in [5.41, 5.74) is 6.62. The largest absolute Gasteiger partial charge is 0.490 e. The van der Waals surface area contributed by atoms with Crippen LogP contribution in [-0.2, 0) is 9.47 Å². The molecule has 134 valence electrons. The minimum Gasteiger partial charge on any atom is -0.490 e. The highest BCUT2D eigenvalue weighted by molar-refractivity contribution is 6.12. The fourth-order valence-electron chi connectivity index (χ4n) is 2.42. The standard InChI is InChI=1S/C17H20N2O6/c1-5-24-12-8-10(18)13-9(16(20)22-3)7-11(17(21)23-4)19-14(13)15(12)25-6-2/h7-8H,5-6,18H2,1-4H3. The lowest BCUT2D eigenvalue weighted by molar-refractivity contribution is 0.0594. The smallest absolute Gasteiger partial charge is 0.356 e. The monoisotopic (exact) mass is 348 g/mol. The molecule has 0 radical (unpaired) electrons. The molecule has 2 N–H and O–H groups in total.